The average Bonchev–Trinajstić information content (AvgIpc) is 3.12. The number of hydrogen-bond donors (Lipinski definition) is 1. The maximum absolute atomic E-state index is 13.1. The zero-order chi connectivity index (χ0) is 20.0. The van der Waals surface area contributed by atoms with Crippen molar-refractivity contribution in [2.75, 3.05) is 0 Å². The van der Waals surface area contributed by atoms with Gasteiger partial charge < -0.3 is 5.32 Å². The largest absolute Gasteiger partial charge is 0.345 e. The fraction of sp³-hybridized carbons (Fsp3) is 0.381. The Bertz CT molecular complexity index is 837. The van der Waals surface area contributed by atoms with Gasteiger partial charge in [0.1, 0.15) is 10.8 Å². The zero-order valence-corrected chi connectivity index (χ0v) is 17.2. The summed E-state index contributed by atoms with van der Waals surface area (Å²) >= 11 is 1.48. The number of aromatic nitrogens is 1. The van der Waals surface area contributed by atoms with Crippen molar-refractivity contribution in [1.82, 2.24) is 10.3 Å². The van der Waals surface area contributed by atoms with Gasteiger partial charge in [0.25, 0.3) is 0 Å². The average molecular weight is 388 g/mol. The van der Waals surface area contributed by atoms with E-state index in [4.69, 9.17) is 0 Å². The molecule has 0 aliphatic carbocycles. The Balaban J connectivity index is 2.11. The van der Waals surface area contributed by atoms with Crippen LogP contribution in [0.2, 0.25) is 0 Å². The molecule has 6 heteroatoms. The molecule has 27 heavy (non-hydrogen) atoms. The minimum atomic E-state index is -0.618. The molecule has 4 nitrogen and oxygen atoms in total. The third-order valence-corrected chi connectivity index (χ3v) is 5.21. The van der Waals surface area contributed by atoms with Gasteiger partial charge >= 0.3 is 0 Å². The maximum atomic E-state index is 13.1. The van der Waals surface area contributed by atoms with Crippen LogP contribution in [0.25, 0.3) is 10.6 Å². The summed E-state index contributed by atoms with van der Waals surface area (Å²) in [5.41, 5.74) is 1.92. The van der Waals surface area contributed by atoms with Crippen molar-refractivity contribution in [1.29, 1.82) is 0 Å². The molecule has 0 saturated carbocycles. The van der Waals surface area contributed by atoms with Crippen molar-refractivity contribution in [2.45, 2.75) is 46.6 Å². The second-order valence-corrected chi connectivity index (χ2v) is 7.85. The highest BCUT2D eigenvalue weighted by Crippen LogP contribution is 2.29. The van der Waals surface area contributed by atoms with Gasteiger partial charge in [-0.25, -0.2) is 9.37 Å². The van der Waals surface area contributed by atoms with Crippen LogP contribution in [0.5, 0.6) is 0 Å². The van der Waals surface area contributed by atoms with Crippen molar-refractivity contribution in [3.8, 4) is 10.6 Å². The van der Waals surface area contributed by atoms with Gasteiger partial charge in [0.05, 0.1) is 17.2 Å². The summed E-state index contributed by atoms with van der Waals surface area (Å²) in [4.78, 5) is 21.5. The van der Waals surface area contributed by atoms with Crippen LogP contribution in [0.1, 0.15) is 46.7 Å². The molecule has 144 valence electrons. The number of nitrogens with one attached hydrogen (secondary N) is 1. The number of carbonyl (C=O) groups is 1. The topological polar surface area (TPSA) is 54.4 Å². The molecule has 0 aliphatic heterocycles. The molecule has 1 aromatic heterocycles. The smallest absolute Gasteiger partial charge is 0.227 e. The van der Waals surface area contributed by atoms with E-state index >= 15 is 0 Å². The molecule has 1 atom stereocenters. The van der Waals surface area contributed by atoms with Gasteiger partial charge in [0, 0.05) is 23.4 Å². The summed E-state index contributed by atoms with van der Waals surface area (Å²) in [6.07, 6.45) is 4.40. The van der Waals surface area contributed by atoms with Gasteiger partial charge in [-0.3, -0.25) is 9.79 Å². The lowest BCUT2D eigenvalue weighted by Crippen LogP contribution is -2.44. The van der Waals surface area contributed by atoms with Crippen LogP contribution in [0.4, 0.5) is 4.39 Å². The van der Waals surface area contributed by atoms with Gasteiger partial charge in [-0.2, -0.15) is 0 Å². The number of amides is 1. The fourth-order valence-electron chi connectivity index (χ4n) is 2.36. The summed E-state index contributed by atoms with van der Waals surface area (Å²) in [7, 11) is 0. The summed E-state index contributed by atoms with van der Waals surface area (Å²) in [6.45, 7) is 9.63. The number of aliphatic imine (C=N–C) groups is 1. The summed E-state index contributed by atoms with van der Waals surface area (Å²) < 4.78 is 13.1. The van der Waals surface area contributed by atoms with E-state index in [2.05, 4.69) is 15.3 Å². The molecule has 0 saturated heterocycles. The van der Waals surface area contributed by atoms with Crippen LogP contribution in [0.3, 0.4) is 0 Å². The van der Waals surface area contributed by atoms with Gasteiger partial charge in [-0.15, -0.1) is 11.3 Å². The van der Waals surface area contributed by atoms with Crippen LogP contribution in [-0.2, 0) is 10.3 Å². The fourth-order valence-corrected chi connectivity index (χ4v) is 3.35. The second-order valence-electron chi connectivity index (χ2n) is 6.99. The van der Waals surface area contributed by atoms with E-state index < -0.39 is 5.54 Å². The van der Waals surface area contributed by atoms with Gasteiger partial charge in [0.15, 0.2) is 0 Å². The molecular weight excluding hydrogens is 361 g/mol. The Morgan fingerprint density at radius 1 is 1.37 bits per heavy atom. The number of benzene rings is 1. The third kappa shape index (κ3) is 5.57. The first-order valence-corrected chi connectivity index (χ1v) is 9.84. The Labute approximate surface area is 164 Å². The number of thiazole rings is 1. The Morgan fingerprint density at radius 3 is 2.67 bits per heavy atom. The SMILES string of the molecule is CCC=NC=C(C)C(C)C(=O)NC(C)(C)c1csc(-c2ccc(F)cc2)n1. The Hall–Kier alpha value is -2.34. The van der Waals surface area contributed by atoms with Gasteiger partial charge in [-0.05, 0) is 64.0 Å². The summed E-state index contributed by atoms with van der Waals surface area (Å²) in [6, 6.07) is 6.25. The summed E-state index contributed by atoms with van der Waals surface area (Å²) in [5, 5.41) is 5.80. The normalized spacial score (nSPS) is 13.8. The zero-order valence-electron chi connectivity index (χ0n) is 16.4. The molecule has 0 aliphatic rings. The number of halogens is 1. The lowest BCUT2D eigenvalue weighted by Gasteiger charge is -2.26. The number of rotatable bonds is 7. The standard InChI is InChI=1S/C21H26FN3OS/c1-6-11-23-12-14(2)15(3)19(26)25-21(4,5)18-13-27-20(24-18)16-7-9-17(22)10-8-16/h7-13,15H,6H2,1-5H3,(H,25,26). The first-order chi connectivity index (χ1) is 12.7. The number of nitrogens with zero attached hydrogens (tertiary/aromatic N) is 2. The molecule has 1 heterocycles. The number of hydrogen-bond acceptors (Lipinski definition) is 4. The molecule has 1 unspecified atom stereocenters. The molecule has 2 rings (SSSR count). The molecule has 1 amide bonds. The molecule has 1 N–H and O–H groups in total. The Morgan fingerprint density at radius 2 is 2.04 bits per heavy atom. The van der Waals surface area contributed by atoms with Gasteiger partial charge in [0.2, 0.25) is 5.91 Å². The second kappa shape index (κ2) is 9.04. The monoisotopic (exact) mass is 387 g/mol. The van der Waals surface area contributed by atoms with E-state index in [0.29, 0.717) is 0 Å². The molecule has 0 bridgehead atoms. The van der Waals surface area contributed by atoms with Crippen molar-refractivity contribution in [3.05, 3.63) is 52.9 Å². The number of carbonyl (C=O) groups excluding carboxylic acids is 1. The minimum absolute atomic E-state index is 0.0724. The quantitative estimate of drug-likeness (QED) is 0.654. The van der Waals surface area contributed by atoms with Crippen LogP contribution in [-0.4, -0.2) is 17.1 Å². The van der Waals surface area contributed by atoms with E-state index in [9.17, 15) is 9.18 Å². The molecule has 0 fully saturated rings. The highest BCUT2D eigenvalue weighted by Gasteiger charge is 2.28. The predicted octanol–water partition coefficient (Wildman–Crippen LogP) is 5.32. The van der Waals surface area contributed by atoms with Crippen molar-refractivity contribution in [3.63, 3.8) is 0 Å². The molecule has 0 spiro atoms. The van der Waals surface area contributed by atoms with Crippen LogP contribution < -0.4 is 5.32 Å². The van der Waals surface area contributed by atoms with Crippen molar-refractivity contribution < 1.29 is 9.18 Å². The van der Waals surface area contributed by atoms with E-state index in [1.165, 1.54) is 23.5 Å². The Kier molecular flexibility index (Phi) is 7.02. The first kappa shape index (κ1) is 21.0. The molecule has 2 aromatic rings. The van der Waals surface area contributed by atoms with Crippen molar-refractivity contribution in [2.24, 2.45) is 10.9 Å². The molecular formula is C21H26FN3OS. The lowest BCUT2D eigenvalue weighted by atomic mass is 9.97. The van der Waals surface area contributed by atoms with Crippen LogP contribution >= 0.6 is 11.3 Å². The highest BCUT2D eigenvalue weighted by atomic mass is 32.1. The van der Waals surface area contributed by atoms with Crippen LogP contribution in [0, 0.1) is 11.7 Å². The van der Waals surface area contributed by atoms with E-state index in [0.717, 1.165) is 28.3 Å². The molecule has 1 aromatic carbocycles. The van der Waals surface area contributed by atoms with Crippen molar-refractivity contribution >= 4 is 23.5 Å². The molecule has 0 radical (unpaired) electrons. The van der Waals surface area contributed by atoms with E-state index in [1.54, 1.807) is 18.3 Å². The van der Waals surface area contributed by atoms with E-state index in [1.807, 2.05) is 46.2 Å². The van der Waals surface area contributed by atoms with Gasteiger partial charge in [-0.1, -0.05) is 6.92 Å². The summed E-state index contributed by atoms with van der Waals surface area (Å²) in [5.74, 6) is -0.630. The minimum Gasteiger partial charge on any atom is -0.345 e. The predicted molar refractivity (Wildman–Crippen MR) is 110 cm³/mol. The van der Waals surface area contributed by atoms with Crippen LogP contribution in [0.15, 0.2) is 46.4 Å². The maximum Gasteiger partial charge on any atom is 0.227 e. The highest BCUT2D eigenvalue weighted by molar-refractivity contribution is 7.13. The lowest BCUT2D eigenvalue weighted by molar-refractivity contribution is -0.125. The third-order valence-electron chi connectivity index (χ3n) is 4.31. The first-order valence-electron chi connectivity index (χ1n) is 8.97. The van der Waals surface area contributed by atoms with E-state index in [-0.39, 0.29) is 17.6 Å².